The SMILES string of the molecule is Cn1ncc2c1CCCC2n1nc(I)c2c(N)ncnc21. The van der Waals surface area contributed by atoms with E-state index in [0.29, 0.717) is 5.82 Å². The molecular weight excluding hydrogens is 381 g/mol. The summed E-state index contributed by atoms with van der Waals surface area (Å²) in [6.07, 6.45) is 6.67. The van der Waals surface area contributed by atoms with Crippen LogP contribution in [0.25, 0.3) is 11.0 Å². The Bertz CT molecular complexity index is 835. The van der Waals surface area contributed by atoms with E-state index in [4.69, 9.17) is 5.73 Å². The third kappa shape index (κ3) is 1.84. The summed E-state index contributed by atoms with van der Waals surface area (Å²) in [7, 11) is 1.99. The second-order valence-electron chi connectivity index (χ2n) is 5.27. The molecule has 1 aliphatic rings. The summed E-state index contributed by atoms with van der Waals surface area (Å²) in [4.78, 5) is 8.46. The molecule has 2 N–H and O–H groups in total. The van der Waals surface area contributed by atoms with Gasteiger partial charge < -0.3 is 5.73 Å². The standard InChI is InChI=1S/C13H14IN7/c1-20-8-3-2-4-9(7(8)5-18-20)21-13-10(11(14)19-21)12(15)16-6-17-13/h5-6,9H,2-4H2,1H3,(H2,15,16,17). The number of halogens is 1. The summed E-state index contributed by atoms with van der Waals surface area (Å²) < 4.78 is 4.78. The summed E-state index contributed by atoms with van der Waals surface area (Å²) in [5.74, 6) is 0.484. The maximum absolute atomic E-state index is 5.97. The Hall–Kier alpha value is -1.71. The molecule has 0 amide bonds. The Balaban J connectivity index is 1.94. The van der Waals surface area contributed by atoms with E-state index in [2.05, 4.69) is 42.8 Å². The number of anilines is 1. The van der Waals surface area contributed by atoms with Crippen LogP contribution in [0.5, 0.6) is 0 Å². The van der Waals surface area contributed by atoms with Gasteiger partial charge in [-0.05, 0) is 41.9 Å². The summed E-state index contributed by atoms with van der Waals surface area (Å²) >= 11 is 2.19. The van der Waals surface area contributed by atoms with E-state index in [-0.39, 0.29) is 6.04 Å². The molecule has 0 bridgehead atoms. The molecule has 21 heavy (non-hydrogen) atoms. The van der Waals surface area contributed by atoms with Gasteiger partial charge in [-0.3, -0.25) is 4.68 Å². The van der Waals surface area contributed by atoms with Gasteiger partial charge in [0.15, 0.2) is 5.65 Å². The van der Waals surface area contributed by atoms with Crippen LogP contribution < -0.4 is 5.73 Å². The van der Waals surface area contributed by atoms with Crippen LogP contribution in [0.4, 0.5) is 5.82 Å². The molecule has 0 aromatic carbocycles. The summed E-state index contributed by atoms with van der Waals surface area (Å²) in [5.41, 5.74) is 9.29. The molecule has 1 atom stereocenters. The topological polar surface area (TPSA) is 87.4 Å². The predicted molar refractivity (Wildman–Crippen MR) is 86.7 cm³/mol. The van der Waals surface area contributed by atoms with E-state index in [1.165, 1.54) is 17.6 Å². The van der Waals surface area contributed by atoms with Crippen LogP contribution in [0.15, 0.2) is 12.5 Å². The third-order valence-corrected chi connectivity index (χ3v) is 4.87. The van der Waals surface area contributed by atoms with E-state index in [1.807, 2.05) is 22.6 Å². The number of hydrogen-bond acceptors (Lipinski definition) is 5. The molecule has 0 saturated heterocycles. The average Bonchev–Trinajstić information content (AvgIpc) is 3.02. The van der Waals surface area contributed by atoms with Crippen LogP contribution >= 0.6 is 22.6 Å². The normalized spacial score (nSPS) is 18.1. The molecule has 0 fully saturated rings. The van der Waals surface area contributed by atoms with E-state index < -0.39 is 0 Å². The molecular formula is C13H14IN7. The van der Waals surface area contributed by atoms with Gasteiger partial charge >= 0.3 is 0 Å². The predicted octanol–water partition coefficient (Wildman–Crippen LogP) is 1.67. The van der Waals surface area contributed by atoms with E-state index in [1.54, 1.807) is 0 Å². The minimum atomic E-state index is 0.169. The Morgan fingerprint density at radius 1 is 1.38 bits per heavy atom. The maximum Gasteiger partial charge on any atom is 0.165 e. The lowest BCUT2D eigenvalue weighted by atomic mass is 9.93. The Kier molecular flexibility index (Phi) is 2.88. The van der Waals surface area contributed by atoms with Crippen LogP contribution in [-0.4, -0.2) is 29.5 Å². The molecule has 8 heteroatoms. The van der Waals surface area contributed by atoms with E-state index in [9.17, 15) is 0 Å². The minimum Gasteiger partial charge on any atom is -0.383 e. The zero-order valence-corrected chi connectivity index (χ0v) is 13.6. The molecule has 0 saturated carbocycles. The van der Waals surface area contributed by atoms with Gasteiger partial charge in [0.05, 0.1) is 17.6 Å². The lowest BCUT2D eigenvalue weighted by molar-refractivity contribution is 0.451. The number of nitrogens with two attached hydrogens (primary N) is 1. The smallest absolute Gasteiger partial charge is 0.165 e. The molecule has 4 rings (SSSR count). The minimum absolute atomic E-state index is 0.169. The summed E-state index contributed by atoms with van der Waals surface area (Å²) in [6.45, 7) is 0. The third-order valence-electron chi connectivity index (χ3n) is 4.11. The molecule has 1 unspecified atom stereocenters. The Morgan fingerprint density at radius 2 is 2.24 bits per heavy atom. The zero-order chi connectivity index (χ0) is 14.6. The number of fused-ring (bicyclic) bond motifs is 2. The lowest BCUT2D eigenvalue weighted by Gasteiger charge is -2.23. The first-order valence-electron chi connectivity index (χ1n) is 6.81. The van der Waals surface area contributed by atoms with Gasteiger partial charge in [0.1, 0.15) is 15.8 Å². The van der Waals surface area contributed by atoms with E-state index in [0.717, 1.165) is 34.0 Å². The van der Waals surface area contributed by atoms with Gasteiger partial charge in [0.2, 0.25) is 0 Å². The number of nitrogens with zero attached hydrogens (tertiary/aromatic N) is 6. The largest absolute Gasteiger partial charge is 0.383 e. The number of aromatic nitrogens is 6. The van der Waals surface area contributed by atoms with E-state index >= 15 is 0 Å². The number of aryl methyl sites for hydroxylation is 1. The molecule has 0 spiro atoms. The second kappa shape index (κ2) is 4.65. The zero-order valence-electron chi connectivity index (χ0n) is 11.5. The Morgan fingerprint density at radius 3 is 3.10 bits per heavy atom. The maximum atomic E-state index is 5.97. The van der Waals surface area contributed by atoms with Crippen molar-refractivity contribution in [3.05, 3.63) is 27.5 Å². The number of hydrogen-bond donors (Lipinski definition) is 1. The van der Waals surface area contributed by atoms with Crippen molar-refractivity contribution in [3.63, 3.8) is 0 Å². The van der Waals surface area contributed by atoms with Crippen LogP contribution in [0, 0.1) is 3.70 Å². The van der Waals surface area contributed by atoms with Crippen molar-refractivity contribution in [2.45, 2.75) is 25.3 Å². The number of rotatable bonds is 1. The number of nitrogen functional groups attached to an aromatic ring is 1. The second-order valence-corrected chi connectivity index (χ2v) is 6.29. The molecule has 3 aromatic rings. The van der Waals surface area contributed by atoms with Crippen molar-refractivity contribution in [3.8, 4) is 0 Å². The van der Waals surface area contributed by atoms with Crippen molar-refractivity contribution in [1.29, 1.82) is 0 Å². The fraction of sp³-hybridized carbons (Fsp3) is 0.385. The average molecular weight is 395 g/mol. The van der Waals surface area contributed by atoms with Crippen molar-refractivity contribution >= 4 is 39.4 Å². The van der Waals surface area contributed by atoms with Crippen LogP contribution in [0.1, 0.15) is 30.1 Å². The van der Waals surface area contributed by atoms with Gasteiger partial charge in [-0.25, -0.2) is 14.6 Å². The first-order chi connectivity index (χ1) is 10.2. The van der Waals surface area contributed by atoms with Crippen LogP contribution in [0.2, 0.25) is 0 Å². The van der Waals surface area contributed by atoms with Gasteiger partial charge in [0, 0.05) is 18.3 Å². The van der Waals surface area contributed by atoms with Crippen LogP contribution in [-0.2, 0) is 13.5 Å². The monoisotopic (exact) mass is 395 g/mol. The highest BCUT2D eigenvalue weighted by atomic mass is 127. The first kappa shape index (κ1) is 13.0. The Labute approximate surface area is 134 Å². The van der Waals surface area contributed by atoms with Gasteiger partial charge in [-0.1, -0.05) is 0 Å². The van der Waals surface area contributed by atoms with Gasteiger partial charge in [-0.2, -0.15) is 10.2 Å². The molecule has 3 aromatic heterocycles. The van der Waals surface area contributed by atoms with Crippen LogP contribution in [0.3, 0.4) is 0 Å². The molecule has 7 nitrogen and oxygen atoms in total. The molecule has 108 valence electrons. The fourth-order valence-corrected chi connectivity index (χ4v) is 3.86. The van der Waals surface area contributed by atoms with Crippen molar-refractivity contribution in [2.75, 3.05) is 5.73 Å². The summed E-state index contributed by atoms with van der Waals surface area (Å²) in [6, 6.07) is 0.169. The molecule has 1 aliphatic carbocycles. The van der Waals surface area contributed by atoms with Crippen molar-refractivity contribution < 1.29 is 0 Å². The molecule has 3 heterocycles. The highest BCUT2D eigenvalue weighted by molar-refractivity contribution is 14.1. The fourth-order valence-electron chi connectivity index (χ4n) is 3.11. The highest BCUT2D eigenvalue weighted by Gasteiger charge is 2.28. The van der Waals surface area contributed by atoms with Crippen molar-refractivity contribution in [2.24, 2.45) is 7.05 Å². The van der Waals surface area contributed by atoms with Crippen molar-refractivity contribution in [1.82, 2.24) is 29.5 Å². The quantitative estimate of drug-likeness (QED) is 0.634. The van der Waals surface area contributed by atoms with Gasteiger partial charge in [-0.15, -0.1) is 0 Å². The van der Waals surface area contributed by atoms with Gasteiger partial charge in [0.25, 0.3) is 0 Å². The highest BCUT2D eigenvalue weighted by Crippen LogP contribution is 2.35. The molecule has 0 aliphatic heterocycles. The molecule has 0 radical (unpaired) electrons. The first-order valence-corrected chi connectivity index (χ1v) is 7.89. The summed E-state index contributed by atoms with van der Waals surface area (Å²) in [5, 5.41) is 9.90. The lowest BCUT2D eigenvalue weighted by Crippen LogP contribution is -2.19.